The Bertz CT molecular complexity index is 535. The van der Waals surface area contributed by atoms with Gasteiger partial charge >= 0.3 is 0 Å². The van der Waals surface area contributed by atoms with Crippen LogP contribution in [-0.4, -0.2) is 66.7 Å². The lowest BCUT2D eigenvalue weighted by molar-refractivity contribution is -0.149. The fraction of sp³-hybridized carbons (Fsp3) is 0.905. The second kappa shape index (κ2) is 10.7. The number of carbonyl (C=O) groups excluding carboxylic acids is 2. The number of hydrogen-bond donors (Lipinski definition) is 1. The van der Waals surface area contributed by atoms with Crippen LogP contribution in [0.4, 0.5) is 8.78 Å². The molecule has 0 spiro atoms. The van der Waals surface area contributed by atoms with Gasteiger partial charge in [0.05, 0.1) is 31.4 Å². The monoisotopic (exact) mass is 418 g/mol. The Labute approximate surface area is 172 Å². The summed E-state index contributed by atoms with van der Waals surface area (Å²) < 4.78 is 38.0. The summed E-state index contributed by atoms with van der Waals surface area (Å²) in [6.45, 7) is 8.53. The standard InChI is InChI=1S/C19H30F2N2O4.C2H6/c1-12(27-9-14-5-7-19(20,21)8-6-14)17(22-13(2)24)18(25)23-15-3-4-16(23)11-26-10-15;1-2/h12,14-17H,3-11H2,1-2H3,(H,22,24);1-2H3. The molecule has 4 unspecified atom stereocenters. The molecule has 0 aromatic heterocycles. The maximum Gasteiger partial charge on any atom is 0.248 e. The topological polar surface area (TPSA) is 67.9 Å². The van der Waals surface area contributed by atoms with Gasteiger partial charge in [0.2, 0.25) is 17.7 Å². The molecule has 3 aliphatic rings. The van der Waals surface area contributed by atoms with E-state index in [1.165, 1.54) is 6.92 Å². The largest absolute Gasteiger partial charge is 0.377 e. The fourth-order valence-corrected chi connectivity index (χ4v) is 4.40. The Morgan fingerprint density at radius 1 is 1.14 bits per heavy atom. The van der Waals surface area contributed by atoms with E-state index in [0.717, 1.165) is 12.8 Å². The third-order valence-corrected chi connectivity index (χ3v) is 6.02. The van der Waals surface area contributed by atoms with Crippen LogP contribution in [0.3, 0.4) is 0 Å². The van der Waals surface area contributed by atoms with Gasteiger partial charge in [0.15, 0.2) is 0 Å². The van der Waals surface area contributed by atoms with Crippen molar-refractivity contribution in [3.05, 3.63) is 0 Å². The summed E-state index contributed by atoms with van der Waals surface area (Å²) in [6, 6.07) is -0.658. The fourth-order valence-electron chi connectivity index (χ4n) is 4.40. The van der Waals surface area contributed by atoms with Crippen molar-refractivity contribution in [1.82, 2.24) is 10.2 Å². The highest BCUT2D eigenvalue weighted by Crippen LogP contribution is 2.36. The quantitative estimate of drug-likeness (QED) is 0.720. The molecular weight excluding hydrogens is 382 g/mol. The highest BCUT2D eigenvalue weighted by Gasteiger charge is 2.44. The second-order valence-electron chi connectivity index (χ2n) is 8.18. The maximum atomic E-state index is 13.3. The van der Waals surface area contributed by atoms with Gasteiger partial charge in [0.25, 0.3) is 0 Å². The van der Waals surface area contributed by atoms with Crippen LogP contribution >= 0.6 is 0 Å². The van der Waals surface area contributed by atoms with E-state index in [2.05, 4.69) is 5.32 Å². The number of morpholine rings is 1. The third-order valence-electron chi connectivity index (χ3n) is 6.02. The van der Waals surface area contributed by atoms with Gasteiger partial charge in [-0.25, -0.2) is 8.78 Å². The molecule has 3 rings (SSSR count). The van der Waals surface area contributed by atoms with E-state index in [0.29, 0.717) is 32.7 Å². The van der Waals surface area contributed by atoms with Crippen LogP contribution in [0, 0.1) is 5.92 Å². The summed E-state index contributed by atoms with van der Waals surface area (Å²) in [7, 11) is 0. The van der Waals surface area contributed by atoms with Gasteiger partial charge < -0.3 is 19.7 Å². The number of halogens is 2. The van der Waals surface area contributed by atoms with Crippen LogP contribution in [0.2, 0.25) is 0 Å². The summed E-state index contributed by atoms with van der Waals surface area (Å²) in [4.78, 5) is 26.7. The average molecular weight is 419 g/mol. The molecule has 2 aliphatic heterocycles. The smallest absolute Gasteiger partial charge is 0.248 e. The normalized spacial score (nSPS) is 28.1. The van der Waals surface area contributed by atoms with Gasteiger partial charge in [0, 0.05) is 26.4 Å². The number of amides is 2. The molecule has 0 aromatic carbocycles. The molecule has 168 valence electrons. The first-order chi connectivity index (χ1) is 13.8. The summed E-state index contributed by atoms with van der Waals surface area (Å²) in [5.41, 5.74) is 0. The predicted molar refractivity (Wildman–Crippen MR) is 106 cm³/mol. The number of alkyl halides is 2. The van der Waals surface area contributed by atoms with Gasteiger partial charge in [-0.1, -0.05) is 13.8 Å². The summed E-state index contributed by atoms with van der Waals surface area (Å²) in [5, 5.41) is 2.73. The molecule has 29 heavy (non-hydrogen) atoms. The average Bonchev–Trinajstić information content (AvgIpc) is 2.94. The minimum atomic E-state index is -2.56. The molecule has 6 nitrogen and oxygen atoms in total. The molecule has 0 aromatic rings. The summed E-state index contributed by atoms with van der Waals surface area (Å²) in [6.07, 6.45) is 1.93. The molecule has 4 atom stereocenters. The zero-order valence-corrected chi connectivity index (χ0v) is 18.1. The lowest BCUT2D eigenvalue weighted by Crippen LogP contribution is -2.59. The molecule has 1 aliphatic carbocycles. The van der Waals surface area contributed by atoms with Crippen molar-refractivity contribution in [3.8, 4) is 0 Å². The first-order valence-corrected chi connectivity index (χ1v) is 10.9. The summed E-state index contributed by atoms with van der Waals surface area (Å²) in [5.74, 6) is -2.92. The van der Waals surface area contributed by atoms with Crippen LogP contribution < -0.4 is 5.32 Å². The van der Waals surface area contributed by atoms with Gasteiger partial charge in [-0.15, -0.1) is 0 Å². The van der Waals surface area contributed by atoms with Crippen molar-refractivity contribution in [3.63, 3.8) is 0 Å². The molecule has 8 heteroatoms. The lowest BCUT2D eigenvalue weighted by Gasteiger charge is -2.38. The van der Waals surface area contributed by atoms with E-state index in [1.54, 1.807) is 6.92 Å². The molecule has 2 saturated heterocycles. The highest BCUT2D eigenvalue weighted by molar-refractivity contribution is 5.88. The zero-order valence-electron chi connectivity index (χ0n) is 18.1. The van der Waals surface area contributed by atoms with Crippen molar-refractivity contribution in [2.24, 2.45) is 5.92 Å². The van der Waals surface area contributed by atoms with Gasteiger partial charge in [0.1, 0.15) is 6.04 Å². The van der Waals surface area contributed by atoms with Crippen molar-refractivity contribution in [2.75, 3.05) is 19.8 Å². The van der Waals surface area contributed by atoms with E-state index in [-0.39, 0.29) is 42.7 Å². The highest BCUT2D eigenvalue weighted by atomic mass is 19.3. The molecule has 2 bridgehead atoms. The molecule has 0 radical (unpaired) electrons. The predicted octanol–water partition coefficient (Wildman–Crippen LogP) is 3.14. The molecule has 2 heterocycles. The van der Waals surface area contributed by atoms with E-state index in [9.17, 15) is 18.4 Å². The van der Waals surface area contributed by atoms with Gasteiger partial charge in [-0.3, -0.25) is 9.59 Å². The van der Waals surface area contributed by atoms with E-state index in [4.69, 9.17) is 9.47 Å². The Morgan fingerprint density at radius 2 is 1.69 bits per heavy atom. The van der Waals surface area contributed by atoms with Crippen LogP contribution in [0.5, 0.6) is 0 Å². The van der Waals surface area contributed by atoms with Gasteiger partial charge in [-0.2, -0.15) is 0 Å². The Kier molecular flexibility index (Phi) is 8.82. The van der Waals surface area contributed by atoms with Crippen LogP contribution in [0.15, 0.2) is 0 Å². The minimum absolute atomic E-state index is 0.0558. The molecule has 1 saturated carbocycles. The second-order valence-corrected chi connectivity index (χ2v) is 8.18. The van der Waals surface area contributed by atoms with Gasteiger partial charge in [-0.05, 0) is 38.5 Å². The third kappa shape index (κ3) is 6.35. The molecule has 3 fully saturated rings. The Hall–Kier alpha value is -1.28. The maximum absolute atomic E-state index is 13.3. The van der Waals surface area contributed by atoms with Crippen LogP contribution in [-0.2, 0) is 19.1 Å². The number of hydrogen-bond acceptors (Lipinski definition) is 4. The Balaban J connectivity index is 0.00000145. The molecule has 2 amide bonds. The lowest BCUT2D eigenvalue weighted by atomic mass is 9.87. The number of ether oxygens (including phenoxy) is 2. The van der Waals surface area contributed by atoms with Crippen molar-refractivity contribution >= 4 is 11.8 Å². The first kappa shape index (κ1) is 24.0. The number of nitrogens with zero attached hydrogens (tertiary/aromatic N) is 1. The van der Waals surface area contributed by atoms with Crippen molar-refractivity contribution in [2.45, 2.75) is 96.4 Å². The van der Waals surface area contributed by atoms with Crippen LogP contribution in [0.25, 0.3) is 0 Å². The zero-order chi connectivity index (χ0) is 21.6. The molecule has 1 N–H and O–H groups in total. The van der Waals surface area contributed by atoms with E-state index >= 15 is 0 Å². The number of fused-ring (bicyclic) bond motifs is 2. The van der Waals surface area contributed by atoms with Crippen molar-refractivity contribution < 1.29 is 27.8 Å². The van der Waals surface area contributed by atoms with Crippen LogP contribution in [0.1, 0.15) is 66.2 Å². The summed E-state index contributed by atoms with van der Waals surface area (Å²) >= 11 is 0. The number of carbonyl (C=O) groups is 2. The number of nitrogens with one attached hydrogen (secondary N) is 1. The first-order valence-electron chi connectivity index (χ1n) is 10.9. The van der Waals surface area contributed by atoms with E-state index in [1.807, 2.05) is 18.7 Å². The van der Waals surface area contributed by atoms with E-state index < -0.39 is 18.1 Å². The number of rotatable bonds is 6. The molecular formula is C21H36F2N2O4. The minimum Gasteiger partial charge on any atom is -0.377 e. The van der Waals surface area contributed by atoms with Crippen molar-refractivity contribution in [1.29, 1.82) is 0 Å². The Morgan fingerprint density at radius 3 is 2.21 bits per heavy atom. The SMILES string of the molecule is CC.CC(=O)NC(C(=O)N1C2CCC1COC2)C(C)OCC1CCC(F)(F)CC1.